The van der Waals surface area contributed by atoms with Gasteiger partial charge in [0.15, 0.2) is 0 Å². The minimum absolute atomic E-state index is 0.112. The van der Waals surface area contributed by atoms with Gasteiger partial charge in [0, 0.05) is 28.2 Å². The summed E-state index contributed by atoms with van der Waals surface area (Å²) in [6.45, 7) is 2.90. The summed E-state index contributed by atoms with van der Waals surface area (Å²) in [5.41, 5.74) is 8.83. The zero-order chi connectivity index (χ0) is 23.4. The summed E-state index contributed by atoms with van der Waals surface area (Å²) in [6.07, 6.45) is 3.56. The molecule has 172 valence electrons. The van der Waals surface area contributed by atoms with Gasteiger partial charge in [-0.25, -0.2) is 0 Å². The topological polar surface area (TPSA) is 46.3 Å². The van der Waals surface area contributed by atoms with E-state index in [2.05, 4.69) is 48.2 Å². The molecule has 2 atom stereocenters. The molecule has 3 aromatic rings. The summed E-state index contributed by atoms with van der Waals surface area (Å²) >= 11 is 12.4. The van der Waals surface area contributed by atoms with Gasteiger partial charge in [0.2, 0.25) is 5.91 Å². The van der Waals surface area contributed by atoms with Crippen LogP contribution in [-0.4, -0.2) is 18.0 Å². The minimum atomic E-state index is -0.675. The second-order valence-electron chi connectivity index (χ2n) is 9.05. The van der Waals surface area contributed by atoms with E-state index in [-0.39, 0.29) is 17.7 Å². The van der Waals surface area contributed by atoms with E-state index >= 15 is 0 Å². The average molecular weight is 481 g/mol. The third-order valence-corrected chi connectivity index (χ3v) is 7.65. The highest BCUT2D eigenvalue weighted by Gasteiger charge is 2.46. The maximum Gasteiger partial charge on any atom is 0.243 e. The molecule has 1 fully saturated rings. The van der Waals surface area contributed by atoms with E-state index in [4.69, 9.17) is 28.9 Å². The molecule has 2 unspecified atom stereocenters. The van der Waals surface area contributed by atoms with E-state index in [0.717, 1.165) is 36.4 Å². The Morgan fingerprint density at radius 3 is 1.91 bits per heavy atom. The van der Waals surface area contributed by atoms with Crippen molar-refractivity contribution in [1.29, 1.82) is 0 Å². The van der Waals surface area contributed by atoms with E-state index < -0.39 is 5.54 Å². The van der Waals surface area contributed by atoms with Crippen LogP contribution in [0.2, 0.25) is 10.0 Å². The lowest BCUT2D eigenvalue weighted by molar-refractivity contribution is -0.123. The lowest BCUT2D eigenvalue weighted by atomic mass is 9.80. The number of carbonyl (C=O) groups excluding carboxylic acids is 1. The molecule has 2 N–H and O–H groups in total. The molecule has 0 radical (unpaired) electrons. The number of amides is 1. The maximum atomic E-state index is 12.9. The maximum absolute atomic E-state index is 12.9. The van der Waals surface area contributed by atoms with Crippen molar-refractivity contribution in [1.82, 2.24) is 0 Å². The lowest BCUT2D eigenvalue weighted by Gasteiger charge is -2.44. The third-order valence-electron chi connectivity index (χ3n) is 7.15. The van der Waals surface area contributed by atoms with Crippen LogP contribution in [-0.2, 0) is 4.79 Å². The number of nitrogens with zero attached hydrogens (tertiary/aromatic N) is 1. The number of nitrogens with two attached hydrogens (primary N) is 1. The van der Waals surface area contributed by atoms with E-state index in [1.54, 1.807) is 0 Å². The van der Waals surface area contributed by atoms with Crippen molar-refractivity contribution in [2.75, 3.05) is 11.4 Å². The summed E-state index contributed by atoms with van der Waals surface area (Å²) in [4.78, 5) is 15.2. The Labute approximate surface area is 206 Å². The second kappa shape index (κ2) is 10.2. The highest BCUT2D eigenvalue weighted by molar-refractivity contribution is 6.30. The van der Waals surface area contributed by atoms with Crippen LogP contribution in [0.4, 0.5) is 5.69 Å². The van der Waals surface area contributed by atoms with Crippen molar-refractivity contribution in [3.63, 3.8) is 0 Å². The van der Waals surface area contributed by atoms with Crippen LogP contribution in [0, 0.1) is 0 Å². The molecule has 3 aromatic carbocycles. The number of benzene rings is 3. The Kier molecular flexibility index (Phi) is 7.31. The van der Waals surface area contributed by atoms with Crippen molar-refractivity contribution in [2.45, 2.75) is 50.0 Å². The van der Waals surface area contributed by atoms with Gasteiger partial charge in [-0.2, -0.15) is 0 Å². The third kappa shape index (κ3) is 5.05. The van der Waals surface area contributed by atoms with Crippen molar-refractivity contribution >= 4 is 34.8 Å². The van der Waals surface area contributed by atoms with Gasteiger partial charge in [-0.05, 0) is 66.3 Å². The predicted octanol–water partition coefficient (Wildman–Crippen LogP) is 7.19. The quantitative estimate of drug-likeness (QED) is 0.370. The molecule has 1 aliphatic carbocycles. The number of carbonyl (C=O) groups is 1. The average Bonchev–Trinajstić information content (AvgIpc) is 3.32. The molecule has 1 saturated carbocycles. The Bertz CT molecular complexity index is 1060. The standard InChI is InChI=1S/C28H30Cl2N2O/c1-20(21-9-13-23(29)14-10-21)26(22-11-15-24(30)16-12-22)19-32(25-7-3-2-4-8-25)28(27(31)33)17-5-6-18-28/h2-4,7-16,20,26H,5-6,17-19H2,1H3,(H2,31,33). The molecule has 1 amide bonds. The normalized spacial score (nSPS) is 16.8. The summed E-state index contributed by atoms with van der Waals surface area (Å²) in [6, 6.07) is 26.3. The van der Waals surface area contributed by atoms with Gasteiger partial charge in [0.25, 0.3) is 0 Å². The SMILES string of the molecule is CC(c1ccc(Cl)cc1)C(CN(c1ccccc1)C1(C(N)=O)CCCC1)c1ccc(Cl)cc1. The molecule has 0 saturated heterocycles. The predicted molar refractivity (Wildman–Crippen MR) is 138 cm³/mol. The number of hydrogen-bond acceptors (Lipinski definition) is 2. The first-order valence-electron chi connectivity index (χ1n) is 11.5. The second-order valence-corrected chi connectivity index (χ2v) is 9.92. The van der Waals surface area contributed by atoms with E-state index in [1.165, 1.54) is 11.1 Å². The zero-order valence-electron chi connectivity index (χ0n) is 18.9. The highest BCUT2D eigenvalue weighted by Crippen LogP contribution is 2.42. The Hall–Kier alpha value is -2.49. The van der Waals surface area contributed by atoms with Gasteiger partial charge in [0.05, 0.1) is 0 Å². The molecule has 0 spiro atoms. The van der Waals surface area contributed by atoms with Gasteiger partial charge < -0.3 is 10.6 Å². The first-order valence-corrected chi connectivity index (χ1v) is 12.3. The molecule has 33 heavy (non-hydrogen) atoms. The van der Waals surface area contributed by atoms with Gasteiger partial charge >= 0.3 is 0 Å². The van der Waals surface area contributed by atoms with E-state index in [1.807, 2.05) is 42.5 Å². The number of hydrogen-bond donors (Lipinski definition) is 1. The molecule has 4 rings (SSSR count). The molecule has 3 nitrogen and oxygen atoms in total. The molecule has 1 aliphatic rings. The smallest absolute Gasteiger partial charge is 0.243 e. The fraction of sp³-hybridized carbons (Fsp3) is 0.321. The summed E-state index contributed by atoms with van der Waals surface area (Å²) in [5, 5.41) is 1.43. The van der Waals surface area contributed by atoms with Crippen molar-refractivity contribution < 1.29 is 4.79 Å². The number of anilines is 1. The molecular formula is C28H30Cl2N2O. The van der Waals surface area contributed by atoms with E-state index in [0.29, 0.717) is 11.6 Å². The molecule has 0 bridgehead atoms. The van der Waals surface area contributed by atoms with Crippen molar-refractivity contribution in [3.05, 3.63) is 100 Å². The minimum Gasteiger partial charge on any atom is -0.368 e. The number of para-hydroxylation sites is 1. The van der Waals surface area contributed by atoms with Crippen LogP contribution in [0.15, 0.2) is 78.9 Å². The van der Waals surface area contributed by atoms with Gasteiger partial charge in [-0.15, -0.1) is 0 Å². The van der Waals surface area contributed by atoms with Crippen LogP contribution in [0.25, 0.3) is 0 Å². The highest BCUT2D eigenvalue weighted by atomic mass is 35.5. The van der Waals surface area contributed by atoms with Crippen LogP contribution in [0.3, 0.4) is 0 Å². The van der Waals surface area contributed by atoms with Crippen molar-refractivity contribution in [2.24, 2.45) is 5.73 Å². The molecular weight excluding hydrogens is 451 g/mol. The van der Waals surface area contributed by atoms with Crippen LogP contribution in [0.5, 0.6) is 0 Å². The Morgan fingerprint density at radius 1 is 0.879 bits per heavy atom. The van der Waals surface area contributed by atoms with Crippen LogP contribution >= 0.6 is 23.2 Å². The zero-order valence-corrected chi connectivity index (χ0v) is 20.4. The summed E-state index contributed by atoms with van der Waals surface area (Å²) in [5.74, 6) is 0.0549. The molecule has 5 heteroatoms. The largest absolute Gasteiger partial charge is 0.368 e. The first-order chi connectivity index (χ1) is 15.9. The summed E-state index contributed by atoms with van der Waals surface area (Å²) < 4.78 is 0. The van der Waals surface area contributed by atoms with E-state index in [9.17, 15) is 4.79 Å². The monoisotopic (exact) mass is 480 g/mol. The molecule has 0 aliphatic heterocycles. The van der Waals surface area contributed by atoms with Gasteiger partial charge in [0.1, 0.15) is 5.54 Å². The lowest BCUT2D eigenvalue weighted by Crippen LogP contribution is -2.57. The van der Waals surface area contributed by atoms with Gasteiger partial charge in [-0.1, -0.05) is 85.4 Å². The Balaban J connectivity index is 1.79. The van der Waals surface area contributed by atoms with Crippen LogP contribution < -0.4 is 10.6 Å². The Morgan fingerprint density at radius 2 is 1.39 bits per heavy atom. The number of rotatable bonds is 8. The van der Waals surface area contributed by atoms with Gasteiger partial charge in [-0.3, -0.25) is 4.79 Å². The fourth-order valence-corrected chi connectivity index (χ4v) is 5.45. The first kappa shape index (κ1) is 23.7. The number of primary amides is 1. The summed E-state index contributed by atoms with van der Waals surface area (Å²) in [7, 11) is 0. The number of halogens is 2. The molecule has 0 aromatic heterocycles. The van der Waals surface area contributed by atoms with Crippen molar-refractivity contribution in [3.8, 4) is 0 Å². The van der Waals surface area contributed by atoms with Crippen LogP contribution in [0.1, 0.15) is 55.6 Å². The fourth-order valence-electron chi connectivity index (χ4n) is 5.20. The molecule has 0 heterocycles.